The van der Waals surface area contributed by atoms with Crippen molar-refractivity contribution in [2.24, 2.45) is 5.92 Å². The summed E-state index contributed by atoms with van der Waals surface area (Å²) in [5, 5.41) is 11.0. The highest BCUT2D eigenvalue weighted by atomic mass is 19.1. The number of rotatable bonds is 5. The quantitative estimate of drug-likeness (QED) is 0.899. The van der Waals surface area contributed by atoms with Crippen molar-refractivity contribution in [2.75, 3.05) is 18.4 Å². The zero-order valence-corrected chi connectivity index (χ0v) is 11.5. The lowest BCUT2D eigenvalue weighted by Gasteiger charge is -2.24. The van der Waals surface area contributed by atoms with Crippen LogP contribution in [0.2, 0.25) is 0 Å². The van der Waals surface area contributed by atoms with Crippen molar-refractivity contribution in [1.29, 1.82) is 5.26 Å². The van der Waals surface area contributed by atoms with Crippen LogP contribution in [-0.4, -0.2) is 24.0 Å². The van der Waals surface area contributed by atoms with Gasteiger partial charge in [0.05, 0.1) is 18.2 Å². The Balaban J connectivity index is 2.76. The van der Waals surface area contributed by atoms with E-state index in [1.165, 1.54) is 11.0 Å². The van der Waals surface area contributed by atoms with E-state index in [1.807, 2.05) is 19.9 Å². The van der Waals surface area contributed by atoms with Gasteiger partial charge in [-0.05, 0) is 18.1 Å². The number of hydrogen-bond acceptors (Lipinski definition) is 2. The molecule has 1 N–H and O–H groups in total. The largest absolute Gasteiger partial charge is 0.323 e. The van der Waals surface area contributed by atoms with E-state index < -0.39 is 17.7 Å². The van der Waals surface area contributed by atoms with Gasteiger partial charge >= 0.3 is 6.03 Å². The number of nitrogens with zero attached hydrogens (tertiary/aromatic N) is 2. The van der Waals surface area contributed by atoms with Gasteiger partial charge in [-0.2, -0.15) is 5.26 Å². The van der Waals surface area contributed by atoms with Gasteiger partial charge in [0.25, 0.3) is 0 Å². The van der Waals surface area contributed by atoms with Crippen molar-refractivity contribution in [3.8, 4) is 6.07 Å². The molecule has 0 aromatic heterocycles. The maximum Gasteiger partial charge on any atom is 0.321 e. The first-order valence-electron chi connectivity index (χ1n) is 6.32. The predicted molar refractivity (Wildman–Crippen MR) is 72.0 cm³/mol. The normalized spacial score (nSPS) is 10.2. The summed E-state index contributed by atoms with van der Waals surface area (Å²) in [5.41, 5.74) is -0.0814. The summed E-state index contributed by atoms with van der Waals surface area (Å²) in [5.74, 6) is -1.32. The van der Waals surface area contributed by atoms with Gasteiger partial charge in [-0.3, -0.25) is 0 Å². The van der Waals surface area contributed by atoms with Crippen LogP contribution in [0.5, 0.6) is 0 Å². The fourth-order valence-corrected chi connectivity index (χ4v) is 1.69. The van der Waals surface area contributed by atoms with Gasteiger partial charge < -0.3 is 10.2 Å². The molecule has 0 aliphatic heterocycles. The number of anilines is 1. The number of halogens is 2. The van der Waals surface area contributed by atoms with E-state index in [1.54, 1.807) is 0 Å². The first kappa shape index (κ1) is 15.9. The summed E-state index contributed by atoms with van der Waals surface area (Å²) in [6.07, 6.45) is 0.200. The molecule has 1 aromatic rings. The smallest absolute Gasteiger partial charge is 0.321 e. The van der Waals surface area contributed by atoms with Crippen molar-refractivity contribution >= 4 is 11.7 Å². The molecular formula is C14H17F2N3O. The SMILES string of the molecule is CC(C)CN(CCC#N)C(=O)Nc1ccc(F)cc1F. The van der Waals surface area contributed by atoms with E-state index in [-0.39, 0.29) is 24.6 Å². The fourth-order valence-electron chi connectivity index (χ4n) is 1.69. The average Bonchev–Trinajstić information content (AvgIpc) is 2.37. The lowest BCUT2D eigenvalue weighted by Crippen LogP contribution is -2.38. The lowest BCUT2D eigenvalue weighted by atomic mass is 10.2. The predicted octanol–water partition coefficient (Wildman–Crippen LogP) is 3.37. The molecule has 0 spiro atoms. The van der Waals surface area contributed by atoms with E-state index in [0.717, 1.165) is 6.07 Å². The first-order chi connectivity index (χ1) is 9.43. The Kier molecular flexibility index (Phi) is 5.91. The van der Waals surface area contributed by atoms with Crippen LogP contribution in [-0.2, 0) is 0 Å². The van der Waals surface area contributed by atoms with E-state index in [9.17, 15) is 13.6 Å². The Morgan fingerprint density at radius 2 is 2.15 bits per heavy atom. The molecule has 4 nitrogen and oxygen atoms in total. The maximum absolute atomic E-state index is 13.5. The van der Waals surface area contributed by atoms with Gasteiger partial charge in [0.15, 0.2) is 0 Å². The second kappa shape index (κ2) is 7.43. The van der Waals surface area contributed by atoms with E-state index in [0.29, 0.717) is 12.6 Å². The zero-order chi connectivity index (χ0) is 15.1. The number of carbonyl (C=O) groups excluding carboxylic acids is 1. The molecule has 0 fully saturated rings. The van der Waals surface area contributed by atoms with Crippen molar-refractivity contribution in [2.45, 2.75) is 20.3 Å². The second-order valence-corrected chi connectivity index (χ2v) is 4.80. The van der Waals surface area contributed by atoms with Gasteiger partial charge in [-0.1, -0.05) is 13.8 Å². The molecule has 0 heterocycles. The molecule has 0 unspecified atom stereocenters. The third-order valence-corrected chi connectivity index (χ3v) is 2.54. The molecule has 20 heavy (non-hydrogen) atoms. The molecule has 0 radical (unpaired) electrons. The first-order valence-corrected chi connectivity index (χ1v) is 6.32. The van der Waals surface area contributed by atoms with Crippen molar-refractivity contribution in [3.05, 3.63) is 29.8 Å². The Morgan fingerprint density at radius 3 is 2.70 bits per heavy atom. The minimum atomic E-state index is -0.830. The zero-order valence-electron chi connectivity index (χ0n) is 11.5. The maximum atomic E-state index is 13.5. The van der Waals surface area contributed by atoms with Crippen LogP contribution in [0.1, 0.15) is 20.3 Å². The van der Waals surface area contributed by atoms with E-state index in [2.05, 4.69) is 5.32 Å². The van der Waals surface area contributed by atoms with Crippen LogP contribution in [0.15, 0.2) is 18.2 Å². The number of amides is 2. The molecule has 0 bridgehead atoms. The highest BCUT2D eigenvalue weighted by Gasteiger charge is 2.16. The van der Waals surface area contributed by atoms with Crippen molar-refractivity contribution < 1.29 is 13.6 Å². The van der Waals surface area contributed by atoms with E-state index in [4.69, 9.17) is 5.26 Å². The highest BCUT2D eigenvalue weighted by molar-refractivity contribution is 5.89. The van der Waals surface area contributed by atoms with Crippen molar-refractivity contribution in [3.63, 3.8) is 0 Å². The minimum Gasteiger partial charge on any atom is -0.323 e. The number of urea groups is 1. The van der Waals surface area contributed by atoms with Gasteiger partial charge in [0, 0.05) is 19.2 Å². The molecule has 108 valence electrons. The summed E-state index contributed by atoms with van der Waals surface area (Å²) in [4.78, 5) is 13.5. The van der Waals surface area contributed by atoms with E-state index >= 15 is 0 Å². The monoisotopic (exact) mass is 281 g/mol. The molecule has 0 atom stereocenters. The number of carbonyl (C=O) groups is 1. The molecule has 0 saturated heterocycles. The summed E-state index contributed by atoms with van der Waals surface area (Å²) >= 11 is 0. The topological polar surface area (TPSA) is 56.1 Å². The van der Waals surface area contributed by atoms with Gasteiger partial charge in [0.2, 0.25) is 0 Å². The third kappa shape index (κ3) is 4.84. The molecule has 6 heteroatoms. The average molecular weight is 281 g/mol. The van der Waals surface area contributed by atoms with Crippen LogP contribution in [0.3, 0.4) is 0 Å². The Bertz CT molecular complexity index is 512. The Labute approximate surface area is 117 Å². The summed E-state index contributed by atoms with van der Waals surface area (Å²) in [6, 6.07) is 4.41. The van der Waals surface area contributed by atoms with Crippen LogP contribution in [0, 0.1) is 28.9 Å². The Hall–Kier alpha value is -2.16. The lowest BCUT2D eigenvalue weighted by molar-refractivity contribution is 0.206. The molecule has 0 aliphatic carbocycles. The van der Waals surface area contributed by atoms with Gasteiger partial charge in [0.1, 0.15) is 11.6 Å². The summed E-state index contributed by atoms with van der Waals surface area (Å²) < 4.78 is 26.2. The molecule has 1 aromatic carbocycles. The number of nitrogens with one attached hydrogen (secondary N) is 1. The fraction of sp³-hybridized carbons (Fsp3) is 0.429. The highest BCUT2D eigenvalue weighted by Crippen LogP contribution is 2.16. The van der Waals surface area contributed by atoms with Crippen LogP contribution < -0.4 is 5.32 Å². The summed E-state index contributed by atoms with van der Waals surface area (Å²) in [6.45, 7) is 4.59. The second-order valence-electron chi connectivity index (χ2n) is 4.80. The van der Waals surface area contributed by atoms with Crippen LogP contribution >= 0.6 is 0 Å². The number of benzene rings is 1. The molecular weight excluding hydrogens is 264 g/mol. The molecule has 2 amide bonds. The van der Waals surface area contributed by atoms with Gasteiger partial charge in [-0.15, -0.1) is 0 Å². The standard InChI is InChI=1S/C14H17F2N3O/c1-10(2)9-19(7-3-6-17)14(20)18-13-5-4-11(15)8-12(13)16/h4-5,8,10H,3,7,9H2,1-2H3,(H,18,20). The Morgan fingerprint density at radius 1 is 1.45 bits per heavy atom. The van der Waals surface area contributed by atoms with Crippen LogP contribution in [0.25, 0.3) is 0 Å². The third-order valence-electron chi connectivity index (χ3n) is 2.54. The summed E-state index contributed by atoms with van der Waals surface area (Å²) in [7, 11) is 0. The minimum absolute atomic E-state index is 0.0814. The van der Waals surface area contributed by atoms with Crippen molar-refractivity contribution in [1.82, 2.24) is 4.90 Å². The molecule has 0 saturated carbocycles. The van der Waals surface area contributed by atoms with Crippen LogP contribution in [0.4, 0.5) is 19.3 Å². The molecule has 0 aliphatic rings. The number of hydrogen-bond donors (Lipinski definition) is 1. The van der Waals surface area contributed by atoms with Gasteiger partial charge in [-0.25, -0.2) is 13.6 Å². The molecule has 1 rings (SSSR count). The number of nitriles is 1.